The van der Waals surface area contributed by atoms with E-state index < -0.39 is 0 Å². The molecule has 0 saturated carbocycles. The van der Waals surface area contributed by atoms with E-state index in [9.17, 15) is 0 Å². The maximum Gasteiger partial charge on any atom is 0.265 e. The first-order valence-electron chi connectivity index (χ1n) is 6.19. The second kappa shape index (κ2) is 5.18. The van der Waals surface area contributed by atoms with Crippen LogP contribution in [0.5, 0.6) is 11.6 Å². The lowest BCUT2D eigenvalue weighted by Crippen LogP contribution is -1.99. The standard InChI is InChI=1S/C14H14N4O2/c1-15-12-8-18-7-6-16-13(18)14(17-12)20-11-4-2-10(9-19)3-5-11/h2-8,15,19H,9H2,1H3. The highest BCUT2D eigenvalue weighted by Crippen LogP contribution is 2.25. The van der Waals surface area contributed by atoms with E-state index in [4.69, 9.17) is 9.84 Å². The maximum atomic E-state index is 9.03. The fraction of sp³-hybridized carbons (Fsp3) is 0.143. The third-order valence-electron chi connectivity index (χ3n) is 2.92. The van der Waals surface area contributed by atoms with Crippen molar-refractivity contribution in [3.8, 4) is 11.6 Å². The molecule has 0 fully saturated rings. The van der Waals surface area contributed by atoms with Gasteiger partial charge in [0.05, 0.1) is 12.8 Å². The van der Waals surface area contributed by atoms with Gasteiger partial charge in [0.1, 0.15) is 11.6 Å². The highest BCUT2D eigenvalue weighted by molar-refractivity contribution is 5.54. The number of imidazole rings is 1. The summed E-state index contributed by atoms with van der Waals surface area (Å²) in [4.78, 5) is 8.60. The number of aliphatic hydroxyl groups excluding tert-OH is 1. The SMILES string of the molecule is CNc1cn2ccnc2c(Oc2ccc(CO)cc2)n1. The van der Waals surface area contributed by atoms with Crippen molar-refractivity contribution in [2.75, 3.05) is 12.4 Å². The Morgan fingerprint density at radius 1 is 1.30 bits per heavy atom. The molecule has 0 aliphatic heterocycles. The zero-order chi connectivity index (χ0) is 13.9. The van der Waals surface area contributed by atoms with E-state index in [2.05, 4.69) is 15.3 Å². The van der Waals surface area contributed by atoms with Gasteiger partial charge < -0.3 is 15.2 Å². The molecular formula is C14H14N4O2. The highest BCUT2D eigenvalue weighted by atomic mass is 16.5. The lowest BCUT2D eigenvalue weighted by molar-refractivity contribution is 0.281. The monoisotopic (exact) mass is 270 g/mol. The molecule has 1 aromatic carbocycles. The number of anilines is 1. The summed E-state index contributed by atoms with van der Waals surface area (Å²) in [6, 6.07) is 7.19. The lowest BCUT2D eigenvalue weighted by atomic mass is 10.2. The number of fused-ring (bicyclic) bond motifs is 1. The van der Waals surface area contributed by atoms with Crippen LogP contribution in [0.25, 0.3) is 5.65 Å². The minimum absolute atomic E-state index is 0.0122. The molecule has 0 spiro atoms. The third kappa shape index (κ3) is 2.28. The summed E-state index contributed by atoms with van der Waals surface area (Å²) >= 11 is 0. The first kappa shape index (κ1) is 12.4. The van der Waals surface area contributed by atoms with Gasteiger partial charge in [0.25, 0.3) is 5.88 Å². The minimum Gasteiger partial charge on any atom is -0.436 e. The smallest absolute Gasteiger partial charge is 0.265 e. The number of aliphatic hydroxyl groups is 1. The molecule has 102 valence electrons. The number of nitrogens with zero attached hydrogens (tertiary/aromatic N) is 3. The van der Waals surface area contributed by atoms with Crippen LogP contribution < -0.4 is 10.1 Å². The molecule has 0 aliphatic rings. The Hall–Kier alpha value is -2.60. The lowest BCUT2D eigenvalue weighted by Gasteiger charge is -2.08. The first-order chi connectivity index (χ1) is 9.80. The Balaban J connectivity index is 1.98. The van der Waals surface area contributed by atoms with Crippen LogP contribution in [-0.4, -0.2) is 26.5 Å². The zero-order valence-corrected chi connectivity index (χ0v) is 10.9. The predicted molar refractivity (Wildman–Crippen MR) is 75.0 cm³/mol. The van der Waals surface area contributed by atoms with Gasteiger partial charge in [0, 0.05) is 19.4 Å². The summed E-state index contributed by atoms with van der Waals surface area (Å²) < 4.78 is 7.62. The summed E-state index contributed by atoms with van der Waals surface area (Å²) in [6.45, 7) is 0.0122. The molecular weight excluding hydrogens is 256 g/mol. The van der Waals surface area contributed by atoms with Gasteiger partial charge in [-0.05, 0) is 17.7 Å². The van der Waals surface area contributed by atoms with Crippen molar-refractivity contribution in [1.29, 1.82) is 0 Å². The Morgan fingerprint density at radius 3 is 2.80 bits per heavy atom. The third-order valence-corrected chi connectivity index (χ3v) is 2.92. The molecule has 3 aromatic rings. The molecule has 0 atom stereocenters. The van der Waals surface area contributed by atoms with Gasteiger partial charge in [0.15, 0.2) is 0 Å². The van der Waals surface area contributed by atoms with Crippen molar-refractivity contribution in [3.63, 3.8) is 0 Å². The molecule has 20 heavy (non-hydrogen) atoms. The Kier molecular flexibility index (Phi) is 3.22. The van der Waals surface area contributed by atoms with Gasteiger partial charge in [-0.1, -0.05) is 12.1 Å². The fourth-order valence-electron chi connectivity index (χ4n) is 1.87. The zero-order valence-electron chi connectivity index (χ0n) is 10.9. The number of aromatic nitrogens is 3. The summed E-state index contributed by atoms with van der Waals surface area (Å²) in [5.41, 5.74) is 1.48. The van der Waals surface area contributed by atoms with E-state index in [0.717, 1.165) is 5.56 Å². The van der Waals surface area contributed by atoms with Gasteiger partial charge in [0.2, 0.25) is 5.65 Å². The van der Waals surface area contributed by atoms with E-state index in [0.29, 0.717) is 23.1 Å². The van der Waals surface area contributed by atoms with Crippen LogP contribution in [0.4, 0.5) is 5.82 Å². The van der Waals surface area contributed by atoms with Gasteiger partial charge >= 0.3 is 0 Å². The maximum absolute atomic E-state index is 9.03. The molecule has 0 unspecified atom stereocenters. The average molecular weight is 270 g/mol. The largest absolute Gasteiger partial charge is 0.436 e. The molecule has 0 radical (unpaired) electrons. The quantitative estimate of drug-likeness (QED) is 0.759. The van der Waals surface area contributed by atoms with Crippen LogP contribution in [0.2, 0.25) is 0 Å². The van der Waals surface area contributed by atoms with Gasteiger partial charge in [-0.3, -0.25) is 4.40 Å². The van der Waals surface area contributed by atoms with Gasteiger partial charge in [-0.2, -0.15) is 4.98 Å². The van der Waals surface area contributed by atoms with Crippen molar-refractivity contribution in [2.45, 2.75) is 6.61 Å². The van der Waals surface area contributed by atoms with Crippen LogP contribution in [0, 0.1) is 0 Å². The van der Waals surface area contributed by atoms with E-state index in [1.54, 1.807) is 37.5 Å². The molecule has 0 saturated heterocycles. The van der Waals surface area contributed by atoms with E-state index in [-0.39, 0.29) is 6.61 Å². The summed E-state index contributed by atoms with van der Waals surface area (Å²) in [5, 5.41) is 12.0. The molecule has 2 heterocycles. The highest BCUT2D eigenvalue weighted by Gasteiger charge is 2.09. The Labute approximate surface area is 115 Å². The number of rotatable bonds is 4. The predicted octanol–water partition coefficient (Wildman–Crippen LogP) is 2.06. The minimum atomic E-state index is 0.0122. The van der Waals surface area contributed by atoms with Gasteiger partial charge in [-0.15, -0.1) is 0 Å². The van der Waals surface area contributed by atoms with Crippen molar-refractivity contribution in [3.05, 3.63) is 48.4 Å². The molecule has 0 amide bonds. The van der Waals surface area contributed by atoms with Crippen molar-refractivity contribution < 1.29 is 9.84 Å². The van der Waals surface area contributed by atoms with Gasteiger partial charge in [-0.25, -0.2) is 4.98 Å². The number of hydrogen-bond donors (Lipinski definition) is 2. The molecule has 3 rings (SSSR count). The van der Waals surface area contributed by atoms with Crippen molar-refractivity contribution >= 4 is 11.5 Å². The molecule has 2 N–H and O–H groups in total. The van der Waals surface area contributed by atoms with Crippen LogP contribution >= 0.6 is 0 Å². The van der Waals surface area contributed by atoms with Crippen LogP contribution in [0.15, 0.2) is 42.9 Å². The van der Waals surface area contributed by atoms with Crippen LogP contribution in [-0.2, 0) is 6.61 Å². The second-order valence-corrected chi connectivity index (χ2v) is 4.24. The van der Waals surface area contributed by atoms with E-state index in [1.807, 2.05) is 16.8 Å². The molecule has 0 aliphatic carbocycles. The average Bonchev–Trinajstić information content (AvgIpc) is 2.96. The number of benzene rings is 1. The van der Waals surface area contributed by atoms with E-state index >= 15 is 0 Å². The molecule has 6 heteroatoms. The normalized spacial score (nSPS) is 10.7. The first-order valence-corrected chi connectivity index (χ1v) is 6.19. The summed E-state index contributed by atoms with van der Waals surface area (Å²) in [5.74, 6) is 1.77. The van der Waals surface area contributed by atoms with Crippen molar-refractivity contribution in [2.24, 2.45) is 0 Å². The Bertz CT molecular complexity index is 722. The topological polar surface area (TPSA) is 71.7 Å². The van der Waals surface area contributed by atoms with E-state index in [1.165, 1.54) is 0 Å². The Morgan fingerprint density at radius 2 is 2.10 bits per heavy atom. The number of ether oxygens (including phenoxy) is 1. The number of hydrogen-bond acceptors (Lipinski definition) is 5. The molecule has 2 aromatic heterocycles. The van der Waals surface area contributed by atoms with Crippen molar-refractivity contribution in [1.82, 2.24) is 14.4 Å². The molecule has 0 bridgehead atoms. The fourth-order valence-corrected chi connectivity index (χ4v) is 1.87. The van der Waals surface area contributed by atoms with Crippen LogP contribution in [0.1, 0.15) is 5.56 Å². The second-order valence-electron chi connectivity index (χ2n) is 4.24. The number of nitrogens with one attached hydrogen (secondary N) is 1. The van der Waals surface area contributed by atoms with Crippen LogP contribution in [0.3, 0.4) is 0 Å². The summed E-state index contributed by atoms with van der Waals surface area (Å²) in [7, 11) is 1.80. The summed E-state index contributed by atoms with van der Waals surface area (Å²) in [6.07, 6.45) is 5.36. The molecule has 6 nitrogen and oxygen atoms in total.